The molecule has 1 N–H and O–H groups in total. The number of carbonyl (C=O) groups is 2. The highest BCUT2D eigenvalue weighted by Crippen LogP contribution is 2.21. The van der Waals surface area contributed by atoms with Crippen LogP contribution in [0.3, 0.4) is 0 Å². The van der Waals surface area contributed by atoms with Crippen molar-refractivity contribution < 1.29 is 19.1 Å². The van der Waals surface area contributed by atoms with E-state index >= 15 is 0 Å². The summed E-state index contributed by atoms with van der Waals surface area (Å²) in [6.07, 6.45) is 6.09. The number of carbonyl (C=O) groups excluding carboxylic acids is 2. The highest BCUT2D eigenvalue weighted by atomic mass is 32.1. The summed E-state index contributed by atoms with van der Waals surface area (Å²) in [4.78, 5) is 30.9. The molecule has 8 heteroatoms. The lowest BCUT2D eigenvalue weighted by atomic mass is 9.97. The molecule has 2 fully saturated rings. The minimum absolute atomic E-state index is 0.0486. The lowest BCUT2D eigenvalue weighted by Gasteiger charge is -2.34. The SMILES string of the molecule is CC(OCC1CCCCO1)C(=O)N1CCCC(C(=O)Nc2nccs2)C1. The van der Waals surface area contributed by atoms with Crippen molar-refractivity contribution in [2.24, 2.45) is 5.92 Å². The molecule has 0 spiro atoms. The van der Waals surface area contributed by atoms with E-state index in [1.54, 1.807) is 18.0 Å². The Hall–Kier alpha value is -1.51. The molecule has 1 aromatic rings. The number of amides is 2. The van der Waals surface area contributed by atoms with Crippen molar-refractivity contribution in [2.75, 3.05) is 31.6 Å². The fourth-order valence-corrected chi connectivity index (χ4v) is 3.93. The second kappa shape index (κ2) is 9.43. The Morgan fingerprint density at radius 1 is 1.42 bits per heavy atom. The second-order valence-corrected chi connectivity index (χ2v) is 7.81. The molecule has 2 aliphatic heterocycles. The number of nitrogens with zero attached hydrogens (tertiary/aromatic N) is 2. The molecule has 0 saturated carbocycles. The third-order valence-electron chi connectivity index (χ3n) is 4.92. The molecule has 26 heavy (non-hydrogen) atoms. The zero-order chi connectivity index (χ0) is 18.4. The average molecular weight is 381 g/mol. The van der Waals surface area contributed by atoms with Crippen molar-refractivity contribution in [3.63, 3.8) is 0 Å². The quantitative estimate of drug-likeness (QED) is 0.818. The summed E-state index contributed by atoms with van der Waals surface area (Å²) in [7, 11) is 0. The Kier molecular flexibility index (Phi) is 6.99. The van der Waals surface area contributed by atoms with Gasteiger partial charge in [0.25, 0.3) is 5.91 Å². The van der Waals surface area contributed by atoms with Crippen LogP contribution in [0.1, 0.15) is 39.0 Å². The third kappa shape index (κ3) is 5.25. The van der Waals surface area contributed by atoms with Gasteiger partial charge in [0.1, 0.15) is 6.10 Å². The second-order valence-electron chi connectivity index (χ2n) is 6.91. The Bertz CT molecular complexity index is 589. The maximum atomic E-state index is 12.7. The Labute approximate surface area is 158 Å². The van der Waals surface area contributed by atoms with E-state index in [9.17, 15) is 9.59 Å². The molecule has 0 radical (unpaired) electrons. The molecular formula is C18H27N3O4S. The number of anilines is 1. The number of piperidine rings is 1. The van der Waals surface area contributed by atoms with Gasteiger partial charge in [0.05, 0.1) is 18.6 Å². The first-order valence-corrected chi connectivity index (χ1v) is 10.2. The predicted molar refractivity (Wildman–Crippen MR) is 99.1 cm³/mol. The summed E-state index contributed by atoms with van der Waals surface area (Å²) in [6, 6.07) is 0. The standard InChI is InChI=1S/C18H27N3O4S/c1-13(25-12-15-6-2-3-9-24-15)17(23)21-8-4-5-14(11-21)16(22)20-18-19-7-10-26-18/h7,10,13-15H,2-6,8-9,11-12H2,1H3,(H,19,20,22). The van der Waals surface area contributed by atoms with Gasteiger partial charge in [-0.1, -0.05) is 0 Å². The molecule has 2 amide bonds. The Balaban J connectivity index is 1.46. The van der Waals surface area contributed by atoms with E-state index in [0.717, 1.165) is 38.7 Å². The van der Waals surface area contributed by atoms with Crippen LogP contribution in [0.15, 0.2) is 11.6 Å². The van der Waals surface area contributed by atoms with Crippen LogP contribution in [0.2, 0.25) is 0 Å². The lowest BCUT2D eigenvalue weighted by Crippen LogP contribution is -2.47. The summed E-state index contributed by atoms with van der Waals surface area (Å²) in [5, 5.41) is 5.25. The molecule has 144 valence electrons. The molecule has 3 heterocycles. The number of nitrogens with one attached hydrogen (secondary N) is 1. The first-order valence-electron chi connectivity index (χ1n) is 9.36. The zero-order valence-electron chi connectivity index (χ0n) is 15.2. The summed E-state index contributed by atoms with van der Waals surface area (Å²) in [6.45, 7) is 4.12. The van der Waals surface area contributed by atoms with Crippen LogP contribution in [0.5, 0.6) is 0 Å². The summed E-state index contributed by atoms with van der Waals surface area (Å²) in [5.41, 5.74) is 0. The smallest absolute Gasteiger partial charge is 0.251 e. The summed E-state index contributed by atoms with van der Waals surface area (Å²) < 4.78 is 11.4. The highest BCUT2D eigenvalue weighted by molar-refractivity contribution is 7.13. The number of aromatic nitrogens is 1. The van der Waals surface area contributed by atoms with Crippen molar-refractivity contribution in [3.05, 3.63) is 11.6 Å². The molecule has 3 rings (SSSR count). The van der Waals surface area contributed by atoms with E-state index in [1.807, 2.05) is 5.38 Å². The van der Waals surface area contributed by atoms with Gasteiger partial charge in [-0.05, 0) is 39.0 Å². The van der Waals surface area contributed by atoms with Crippen molar-refractivity contribution in [1.82, 2.24) is 9.88 Å². The predicted octanol–water partition coefficient (Wildman–Crippen LogP) is 2.29. The third-order valence-corrected chi connectivity index (χ3v) is 5.61. The molecule has 0 aromatic carbocycles. The minimum Gasteiger partial charge on any atom is -0.376 e. The van der Waals surface area contributed by atoms with Crippen LogP contribution in [0.4, 0.5) is 5.13 Å². The van der Waals surface area contributed by atoms with Gasteiger partial charge in [-0.15, -0.1) is 11.3 Å². The number of hydrogen-bond acceptors (Lipinski definition) is 6. The number of rotatable bonds is 6. The first kappa shape index (κ1) is 19.3. The molecular weight excluding hydrogens is 354 g/mol. The van der Waals surface area contributed by atoms with Crippen molar-refractivity contribution in [1.29, 1.82) is 0 Å². The maximum absolute atomic E-state index is 12.7. The first-order chi connectivity index (χ1) is 12.6. The van der Waals surface area contributed by atoms with Gasteiger partial charge in [-0.3, -0.25) is 9.59 Å². The van der Waals surface area contributed by atoms with Gasteiger partial charge in [0.15, 0.2) is 5.13 Å². The van der Waals surface area contributed by atoms with Crippen LogP contribution in [-0.2, 0) is 19.1 Å². The van der Waals surface area contributed by atoms with Crippen molar-refractivity contribution in [3.8, 4) is 0 Å². The van der Waals surface area contributed by atoms with Gasteiger partial charge in [0, 0.05) is 31.3 Å². The number of likely N-dealkylation sites (tertiary alicyclic amines) is 1. The van der Waals surface area contributed by atoms with Crippen LogP contribution in [-0.4, -0.2) is 60.2 Å². The van der Waals surface area contributed by atoms with E-state index < -0.39 is 6.10 Å². The van der Waals surface area contributed by atoms with Crippen LogP contribution < -0.4 is 5.32 Å². The minimum atomic E-state index is -0.513. The zero-order valence-corrected chi connectivity index (χ0v) is 16.0. The number of hydrogen-bond donors (Lipinski definition) is 1. The molecule has 2 saturated heterocycles. The lowest BCUT2D eigenvalue weighted by molar-refractivity contribution is -0.148. The largest absolute Gasteiger partial charge is 0.376 e. The van der Waals surface area contributed by atoms with E-state index in [1.165, 1.54) is 11.3 Å². The van der Waals surface area contributed by atoms with E-state index in [0.29, 0.717) is 24.8 Å². The van der Waals surface area contributed by atoms with Crippen molar-refractivity contribution in [2.45, 2.75) is 51.2 Å². The molecule has 7 nitrogen and oxygen atoms in total. The molecule has 1 aromatic heterocycles. The van der Waals surface area contributed by atoms with Crippen LogP contribution in [0.25, 0.3) is 0 Å². The highest BCUT2D eigenvalue weighted by Gasteiger charge is 2.31. The van der Waals surface area contributed by atoms with E-state index in [4.69, 9.17) is 9.47 Å². The molecule has 3 unspecified atom stereocenters. The summed E-state index contributed by atoms with van der Waals surface area (Å²) >= 11 is 1.39. The Morgan fingerprint density at radius 3 is 3.04 bits per heavy atom. The number of thiazole rings is 1. The van der Waals surface area contributed by atoms with Gasteiger partial charge in [0.2, 0.25) is 5.91 Å². The van der Waals surface area contributed by atoms with Gasteiger partial charge in [-0.25, -0.2) is 4.98 Å². The maximum Gasteiger partial charge on any atom is 0.251 e. The fraction of sp³-hybridized carbons (Fsp3) is 0.722. The molecule has 0 aliphatic carbocycles. The van der Waals surface area contributed by atoms with Crippen molar-refractivity contribution >= 4 is 28.3 Å². The van der Waals surface area contributed by atoms with Gasteiger partial charge < -0.3 is 19.7 Å². The molecule has 2 aliphatic rings. The van der Waals surface area contributed by atoms with E-state index in [-0.39, 0.29) is 23.8 Å². The fourth-order valence-electron chi connectivity index (χ4n) is 3.40. The van der Waals surface area contributed by atoms with Crippen LogP contribution >= 0.6 is 11.3 Å². The van der Waals surface area contributed by atoms with Crippen LogP contribution in [0, 0.1) is 5.92 Å². The normalized spacial score (nSPS) is 24.9. The molecule has 0 bridgehead atoms. The average Bonchev–Trinajstić information content (AvgIpc) is 3.19. The topological polar surface area (TPSA) is 80.8 Å². The number of ether oxygens (including phenoxy) is 2. The van der Waals surface area contributed by atoms with E-state index in [2.05, 4.69) is 10.3 Å². The van der Waals surface area contributed by atoms with Gasteiger partial charge in [-0.2, -0.15) is 0 Å². The summed E-state index contributed by atoms with van der Waals surface area (Å²) in [5.74, 6) is -0.320. The molecule has 3 atom stereocenters. The Morgan fingerprint density at radius 2 is 2.31 bits per heavy atom. The van der Waals surface area contributed by atoms with Gasteiger partial charge >= 0.3 is 0 Å². The monoisotopic (exact) mass is 381 g/mol.